The molecule has 0 atom stereocenters. The van der Waals surface area contributed by atoms with Crippen molar-refractivity contribution < 1.29 is 22.7 Å². The van der Waals surface area contributed by atoms with Crippen LogP contribution in [-0.4, -0.2) is 37.1 Å². The van der Waals surface area contributed by atoms with Gasteiger partial charge in [0.15, 0.2) is 5.65 Å². The average molecular weight is 381 g/mol. The van der Waals surface area contributed by atoms with Crippen molar-refractivity contribution in [3.8, 4) is 11.3 Å². The number of pyridine rings is 1. The van der Waals surface area contributed by atoms with Crippen LogP contribution in [0, 0.1) is 13.8 Å². The molecule has 144 valence electrons. The number of ether oxygens (including phenoxy) is 1. The van der Waals surface area contributed by atoms with Crippen LogP contribution in [0.1, 0.15) is 23.9 Å². The molecule has 10 heteroatoms. The first-order valence-corrected chi connectivity index (χ1v) is 8.23. The molecule has 0 unspecified atom stereocenters. The zero-order valence-electron chi connectivity index (χ0n) is 15.3. The number of carbonyl (C=O) groups excluding carboxylic acids is 1. The van der Waals surface area contributed by atoms with E-state index in [1.54, 1.807) is 27.1 Å². The van der Waals surface area contributed by atoms with Crippen LogP contribution in [0.5, 0.6) is 0 Å². The third-order valence-corrected chi connectivity index (χ3v) is 4.06. The van der Waals surface area contributed by atoms with Crippen molar-refractivity contribution in [3.05, 3.63) is 29.2 Å². The van der Waals surface area contributed by atoms with E-state index in [0.29, 0.717) is 11.3 Å². The van der Waals surface area contributed by atoms with Crippen LogP contribution in [0.3, 0.4) is 0 Å². The predicted molar refractivity (Wildman–Crippen MR) is 90.8 cm³/mol. The predicted octanol–water partition coefficient (Wildman–Crippen LogP) is 3.03. The Bertz CT molecular complexity index is 1020. The van der Waals surface area contributed by atoms with Crippen LogP contribution in [0.15, 0.2) is 12.3 Å². The molecule has 0 N–H and O–H groups in total. The fraction of sp³-hybridized carbons (Fsp3) is 0.412. The summed E-state index contributed by atoms with van der Waals surface area (Å²) in [5, 5.41) is 8.11. The molecule has 0 fully saturated rings. The van der Waals surface area contributed by atoms with Gasteiger partial charge < -0.3 is 4.74 Å². The number of halogens is 3. The lowest BCUT2D eigenvalue weighted by Gasteiger charge is -2.11. The molecular formula is C17H18F3N5O2. The molecule has 0 bridgehead atoms. The van der Waals surface area contributed by atoms with Gasteiger partial charge in [0.05, 0.1) is 34.6 Å². The number of hydrogen-bond donors (Lipinski definition) is 0. The molecule has 0 amide bonds. The minimum absolute atomic E-state index is 0.0198. The van der Waals surface area contributed by atoms with E-state index in [2.05, 4.69) is 15.2 Å². The van der Waals surface area contributed by atoms with Crippen molar-refractivity contribution in [2.45, 2.75) is 33.5 Å². The van der Waals surface area contributed by atoms with Crippen LogP contribution in [0.4, 0.5) is 13.2 Å². The molecule has 0 spiro atoms. The number of nitrogens with zero attached hydrogens (tertiary/aromatic N) is 5. The quantitative estimate of drug-likeness (QED) is 0.650. The first-order chi connectivity index (χ1) is 12.6. The molecule has 0 aromatic carbocycles. The topological polar surface area (TPSA) is 74.8 Å². The molecule has 0 aliphatic rings. The Kier molecular flexibility index (Phi) is 4.66. The van der Waals surface area contributed by atoms with Gasteiger partial charge in [0, 0.05) is 18.8 Å². The Morgan fingerprint density at radius 3 is 2.48 bits per heavy atom. The molecule has 0 aliphatic carbocycles. The fourth-order valence-corrected chi connectivity index (χ4v) is 3.01. The van der Waals surface area contributed by atoms with Gasteiger partial charge in [-0.05, 0) is 26.8 Å². The third-order valence-electron chi connectivity index (χ3n) is 4.06. The smallest absolute Gasteiger partial charge is 0.417 e. The highest BCUT2D eigenvalue weighted by atomic mass is 19.4. The van der Waals surface area contributed by atoms with Gasteiger partial charge in [0.2, 0.25) is 0 Å². The van der Waals surface area contributed by atoms with Gasteiger partial charge in [-0.3, -0.25) is 9.48 Å². The van der Waals surface area contributed by atoms with Crippen molar-refractivity contribution in [3.63, 3.8) is 0 Å². The highest BCUT2D eigenvalue weighted by Crippen LogP contribution is 2.38. The van der Waals surface area contributed by atoms with E-state index in [0.717, 1.165) is 10.7 Å². The van der Waals surface area contributed by atoms with E-state index < -0.39 is 17.7 Å². The van der Waals surface area contributed by atoms with Crippen molar-refractivity contribution in [1.29, 1.82) is 0 Å². The van der Waals surface area contributed by atoms with Crippen LogP contribution in [0.25, 0.3) is 22.3 Å². The summed E-state index contributed by atoms with van der Waals surface area (Å²) in [6, 6.07) is 0.996. The van der Waals surface area contributed by atoms with Gasteiger partial charge in [-0.15, -0.1) is 0 Å². The molecule has 0 saturated carbocycles. The second-order valence-corrected chi connectivity index (χ2v) is 6.10. The Labute approximate surface area is 152 Å². The number of rotatable bonds is 4. The van der Waals surface area contributed by atoms with Gasteiger partial charge in [0.1, 0.15) is 6.54 Å². The van der Waals surface area contributed by atoms with E-state index in [-0.39, 0.29) is 35.6 Å². The second kappa shape index (κ2) is 6.67. The Morgan fingerprint density at radius 1 is 1.22 bits per heavy atom. The highest BCUT2D eigenvalue weighted by Gasteiger charge is 2.36. The molecule has 0 saturated heterocycles. The van der Waals surface area contributed by atoms with Crippen molar-refractivity contribution in [2.24, 2.45) is 7.05 Å². The SMILES string of the molecule is CCOC(=O)Cn1nc(C)c2c(C(F)(F)F)cc(-c3cn(C)nc3C)nc21. The normalized spacial score (nSPS) is 12.0. The molecule has 27 heavy (non-hydrogen) atoms. The minimum Gasteiger partial charge on any atom is -0.465 e. The molecule has 0 aliphatic heterocycles. The molecule has 7 nitrogen and oxygen atoms in total. The van der Waals surface area contributed by atoms with Crippen molar-refractivity contribution >= 4 is 17.0 Å². The molecular weight excluding hydrogens is 363 g/mol. The molecule has 3 heterocycles. The zero-order chi connectivity index (χ0) is 19.9. The molecule has 3 aromatic rings. The maximum absolute atomic E-state index is 13.7. The summed E-state index contributed by atoms with van der Waals surface area (Å²) in [6.45, 7) is 4.63. The average Bonchev–Trinajstić information content (AvgIpc) is 3.05. The summed E-state index contributed by atoms with van der Waals surface area (Å²) in [5.74, 6) is -0.597. The number of aromatic nitrogens is 5. The first kappa shape index (κ1) is 18.9. The largest absolute Gasteiger partial charge is 0.465 e. The van der Waals surface area contributed by atoms with E-state index in [9.17, 15) is 18.0 Å². The van der Waals surface area contributed by atoms with Gasteiger partial charge in [-0.25, -0.2) is 9.67 Å². The number of aryl methyl sites for hydroxylation is 3. The lowest BCUT2D eigenvalue weighted by atomic mass is 10.1. The highest BCUT2D eigenvalue weighted by molar-refractivity contribution is 5.86. The number of alkyl halides is 3. The maximum Gasteiger partial charge on any atom is 0.417 e. The van der Waals surface area contributed by atoms with E-state index >= 15 is 0 Å². The summed E-state index contributed by atoms with van der Waals surface area (Å²) in [5.41, 5.74) is 0.415. The third kappa shape index (κ3) is 3.51. The van der Waals surface area contributed by atoms with Gasteiger partial charge in [0.25, 0.3) is 0 Å². The molecule has 3 rings (SSSR count). The summed E-state index contributed by atoms with van der Waals surface area (Å²) < 4.78 is 48.7. The summed E-state index contributed by atoms with van der Waals surface area (Å²) in [7, 11) is 1.68. The number of esters is 1. The fourth-order valence-electron chi connectivity index (χ4n) is 3.01. The monoisotopic (exact) mass is 381 g/mol. The molecule has 3 aromatic heterocycles. The van der Waals surface area contributed by atoms with E-state index in [4.69, 9.17) is 4.74 Å². The van der Waals surface area contributed by atoms with Gasteiger partial charge >= 0.3 is 12.1 Å². The van der Waals surface area contributed by atoms with Crippen molar-refractivity contribution in [2.75, 3.05) is 6.61 Å². The Balaban J connectivity index is 2.27. The Morgan fingerprint density at radius 2 is 1.93 bits per heavy atom. The van der Waals surface area contributed by atoms with Gasteiger partial charge in [-0.2, -0.15) is 23.4 Å². The zero-order valence-corrected chi connectivity index (χ0v) is 15.3. The second-order valence-electron chi connectivity index (χ2n) is 6.10. The van der Waals surface area contributed by atoms with Crippen molar-refractivity contribution in [1.82, 2.24) is 24.5 Å². The van der Waals surface area contributed by atoms with E-state index in [1.807, 2.05) is 0 Å². The number of fused-ring (bicyclic) bond motifs is 1. The Hall–Kier alpha value is -2.91. The summed E-state index contributed by atoms with van der Waals surface area (Å²) >= 11 is 0. The molecule has 0 radical (unpaired) electrons. The lowest BCUT2D eigenvalue weighted by molar-refractivity contribution is -0.144. The van der Waals surface area contributed by atoms with Crippen LogP contribution in [-0.2, 0) is 29.3 Å². The number of carbonyl (C=O) groups is 1. The number of hydrogen-bond acceptors (Lipinski definition) is 5. The van der Waals surface area contributed by atoms with Gasteiger partial charge in [-0.1, -0.05) is 0 Å². The van der Waals surface area contributed by atoms with Crippen LogP contribution < -0.4 is 0 Å². The van der Waals surface area contributed by atoms with E-state index in [1.165, 1.54) is 11.6 Å². The summed E-state index contributed by atoms with van der Waals surface area (Å²) in [6.07, 6.45) is -3.00. The summed E-state index contributed by atoms with van der Waals surface area (Å²) in [4.78, 5) is 16.2. The standard InChI is InChI=1S/C17H18F3N5O2/c1-5-27-14(26)8-25-16-15(10(3)23-25)12(17(18,19)20)6-13(21-16)11-7-24(4)22-9(11)2/h6-7H,5,8H2,1-4H3. The van der Waals surface area contributed by atoms with Crippen LogP contribution >= 0.6 is 0 Å². The van der Waals surface area contributed by atoms with Crippen LogP contribution in [0.2, 0.25) is 0 Å². The first-order valence-electron chi connectivity index (χ1n) is 8.23. The maximum atomic E-state index is 13.7. The minimum atomic E-state index is -4.60. The lowest BCUT2D eigenvalue weighted by Crippen LogP contribution is -2.15.